The standard InChI is InChI=1S/C14H21BrN2O2/c1-18-14-4-3-11(9-12(14)15)13(10-16)17-5-2-7-19-8-6-17/h3-4,9,13H,2,5-8,10,16H2,1H3. The van der Waals surface area contributed by atoms with E-state index < -0.39 is 0 Å². The number of hydrogen-bond donors (Lipinski definition) is 1. The van der Waals surface area contributed by atoms with Crippen LogP contribution in [0.25, 0.3) is 0 Å². The van der Waals surface area contributed by atoms with Crippen molar-refractivity contribution in [1.29, 1.82) is 0 Å². The van der Waals surface area contributed by atoms with Gasteiger partial charge in [0.05, 0.1) is 18.2 Å². The number of nitrogens with two attached hydrogens (primary N) is 1. The fraction of sp³-hybridized carbons (Fsp3) is 0.571. The van der Waals surface area contributed by atoms with Gasteiger partial charge < -0.3 is 15.2 Å². The van der Waals surface area contributed by atoms with Gasteiger partial charge in [0.2, 0.25) is 0 Å². The molecule has 5 heteroatoms. The van der Waals surface area contributed by atoms with Crippen LogP contribution >= 0.6 is 15.9 Å². The highest BCUT2D eigenvalue weighted by Gasteiger charge is 2.21. The smallest absolute Gasteiger partial charge is 0.133 e. The van der Waals surface area contributed by atoms with E-state index in [1.54, 1.807) is 7.11 Å². The quantitative estimate of drug-likeness (QED) is 0.920. The van der Waals surface area contributed by atoms with E-state index in [9.17, 15) is 0 Å². The maximum Gasteiger partial charge on any atom is 0.133 e. The predicted octanol–water partition coefficient (Wildman–Crippen LogP) is 2.18. The van der Waals surface area contributed by atoms with Crippen molar-refractivity contribution in [2.75, 3.05) is 40.0 Å². The number of methoxy groups -OCH3 is 1. The van der Waals surface area contributed by atoms with Gasteiger partial charge >= 0.3 is 0 Å². The third-order valence-corrected chi connectivity index (χ3v) is 4.10. The summed E-state index contributed by atoms with van der Waals surface area (Å²) >= 11 is 3.54. The summed E-state index contributed by atoms with van der Waals surface area (Å²) in [6.45, 7) is 4.21. The van der Waals surface area contributed by atoms with E-state index in [4.69, 9.17) is 15.2 Å². The Morgan fingerprint density at radius 2 is 2.26 bits per heavy atom. The summed E-state index contributed by atoms with van der Waals surface area (Å²) in [6, 6.07) is 6.41. The molecule has 0 spiro atoms. The van der Waals surface area contributed by atoms with Crippen molar-refractivity contribution in [3.8, 4) is 5.75 Å². The van der Waals surface area contributed by atoms with Crippen molar-refractivity contribution in [2.45, 2.75) is 12.5 Å². The number of benzene rings is 1. The van der Waals surface area contributed by atoms with Crippen molar-refractivity contribution < 1.29 is 9.47 Å². The molecule has 4 nitrogen and oxygen atoms in total. The largest absolute Gasteiger partial charge is 0.496 e. The Hall–Kier alpha value is -0.620. The molecule has 106 valence electrons. The Morgan fingerprint density at radius 1 is 1.42 bits per heavy atom. The lowest BCUT2D eigenvalue weighted by Gasteiger charge is -2.29. The maximum atomic E-state index is 5.98. The van der Waals surface area contributed by atoms with Crippen LogP contribution in [0.1, 0.15) is 18.0 Å². The van der Waals surface area contributed by atoms with Crippen LogP contribution in [0.15, 0.2) is 22.7 Å². The topological polar surface area (TPSA) is 47.7 Å². The summed E-state index contributed by atoms with van der Waals surface area (Å²) in [5.74, 6) is 0.846. The molecule has 19 heavy (non-hydrogen) atoms. The third-order valence-electron chi connectivity index (χ3n) is 3.48. The molecule has 0 radical (unpaired) electrons. The first-order valence-corrected chi connectivity index (χ1v) is 7.41. The lowest BCUT2D eigenvalue weighted by Crippen LogP contribution is -2.35. The van der Waals surface area contributed by atoms with Gasteiger partial charge in [-0.15, -0.1) is 0 Å². The van der Waals surface area contributed by atoms with E-state index >= 15 is 0 Å². The first kappa shape index (κ1) is 14.8. The first-order chi connectivity index (χ1) is 9.26. The van der Waals surface area contributed by atoms with Crippen LogP contribution in [-0.4, -0.2) is 44.9 Å². The molecule has 1 unspecified atom stereocenters. The van der Waals surface area contributed by atoms with E-state index in [1.165, 1.54) is 5.56 Å². The van der Waals surface area contributed by atoms with Crippen molar-refractivity contribution in [3.05, 3.63) is 28.2 Å². The van der Waals surface area contributed by atoms with Gasteiger partial charge in [0, 0.05) is 32.3 Å². The summed E-state index contributed by atoms with van der Waals surface area (Å²) in [6.07, 6.45) is 1.06. The molecule has 2 rings (SSSR count). The summed E-state index contributed by atoms with van der Waals surface area (Å²) in [5.41, 5.74) is 7.20. The van der Waals surface area contributed by atoms with Crippen molar-refractivity contribution in [3.63, 3.8) is 0 Å². The van der Waals surface area contributed by atoms with Crippen molar-refractivity contribution >= 4 is 15.9 Å². The Kier molecular flexibility index (Phi) is 5.63. The monoisotopic (exact) mass is 328 g/mol. The van der Waals surface area contributed by atoms with E-state index in [2.05, 4.69) is 33.0 Å². The molecule has 0 amide bonds. The molecule has 0 saturated carbocycles. The number of halogens is 1. The molecule has 2 N–H and O–H groups in total. The molecule has 1 heterocycles. The molecule has 1 atom stereocenters. The van der Waals surface area contributed by atoms with Gasteiger partial charge in [-0.1, -0.05) is 6.07 Å². The number of rotatable bonds is 4. The summed E-state index contributed by atoms with van der Waals surface area (Å²) < 4.78 is 11.7. The Balaban J connectivity index is 2.18. The SMILES string of the molecule is COc1ccc(C(CN)N2CCCOCC2)cc1Br. The molecule has 0 bridgehead atoms. The van der Waals surface area contributed by atoms with Crippen LogP contribution in [0, 0.1) is 0 Å². The second-order valence-corrected chi connectivity index (χ2v) is 5.50. The molecular weight excluding hydrogens is 308 g/mol. The zero-order valence-electron chi connectivity index (χ0n) is 11.3. The van der Waals surface area contributed by atoms with Crippen LogP contribution in [0.2, 0.25) is 0 Å². The van der Waals surface area contributed by atoms with E-state index in [-0.39, 0.29) is 6.04 Å². The zero-order chi connectivity index (χ0) is 13.7. The molecule has 1 saturated heterocycles. The van der Waals surface area contributed by atoms with E-state index in [1.807, 2.05) is 6.07 Å². The molecule has 1 aliphatic heterocycles. The fourth-order valence-corrected chi connectivity index (χ4v) is 3.02. The predicted molar refractivity (Wildman–Crippen MR) is 79.5 cm³/mol. The average molecular weight is 329 g/mol. The zero-order valence-corrected chi connectivity index (χ0v) is 12.9. The second-order valence-electron chi connectivity index (χ2n) is 4.65. The van der Waals surface area contributed by atoms with Crippen LogP contribution < -0.4 is 10.5 Å². The molecule has 1 aromatic rings. The van der Waals surface area contributed by atoms with Gasteiger partial charge in [-0.3, -0.25) is 4.90 Å². The number of ether oxygens (including phenoxy) is 2. The Labute approximate surface area is 123 Å². The lowest BCUT2D eigenvalue weighted by molar-refractivity contribution is 0.132. The summed E-state index contributed by atoms with van der Waals surface area (Å²) in [7, 11) is 1.67. The van der Waals surface area contributed by atoms with Crippen LogP contribution in [0.5, 0.6) is 5.75 Å². The molecule has 1 aliphatic rings. The first-order valence-electron chi connectivity index (χ1n) is 6.61. The van der Waals surface area contributed by atoms with Gasteiger partial charge in [0.25, 0.3) is 0 Å². The molecular formula is C14H21BrN2O2. The number of hydrogen-bond acceptors (Lipinski definition) is 4. The van der Waals surface area contributed by atoms with Crippen molar-refractivity contribution in [1.82, 2.24) is 4.90 Å². The normalized spacial score (nSPS) is 18.9. The van der Waals surface area contributed by atoms with Gasteiger partial charge in [-0.05, 0) is 40.0 Å². The second kappa shape index (κ2) is 7.24. The lowest BCUT2D eigenvalue weighted by atomic mass is 10.0. The minimum Gasteiger partial charge on any atom is -0.496 e. The molecule has 1 aromatic carbocycles. The molecule has 0 aromatic heterocycles. The summed E-state index contributed by atoms with van der Waals surface area (Å²) in [5, 5.41) is 0. The van der Waals surface area contributed by atoms with Gasteiger partial charge in [-0.2, -0.15) is 0 Å². The molecule has 1 fully saturated rings. The maximum absolute atomic E-state index is 5.98. The van der Waals surface area contributed by atoms with Crippen LogP contribution in [0.3, 0.4) is 0 Å². The highest BCUT2D eigenvalue weighted by atomic mass is 79.9. The van der Waals surface area contributed by atoms with Crippen LogP contribution in [-0.2, 0) is 4.74 Å². The number of nitrogens with zero attached hydrogens (tertiary/aromatic N) is 1. The van der Waals surface area contributed by atoms with E-state index in [0.717, 1.165) is 42.9 Å². The fourth-order valence-electron chi connectivity index (χ4n) is 2.46. The highest BCUT2D eigenvalue weighted by Crippen LogP contribution is 2.30. The third kappa shape index (κ3) is 3.69. The van der Waals surface area contributed by atoms with Gasteiger partial charge in [-0.25, -0.2) is 0 Å². The minimum atomic E-state index is 0.240. The Bertz CT molecular complexity index is 406. The summed E-state index contributed by atoms with van der Waals surface area (Å²) in [4.78, 5) is 2.40. The Morgan fingerprint density at radius 3 is 2.95 bits per heavy atom. The van der Waals surface area contributed by atoms with Gasteiger partial charge in [0.15, 0.2) is 0 Å². The van der Waals surface area contributed by atoms with E-state index in [0.29, 0.717) is 6.54 Å². The minimum absolute atomic E-state index is 0.240. The van der Waals surface area contributed by atoms with Crippen LogP contribution in [0.4, 0.5) is 0 Å². The highest BCUT2D eigenvalue weighted by molar-refractivity contribution is 9.10. The van der Waals surface area contributed by atoms with Crippen molar-refractivity contribution in [2.24, 2.45) is 5.73 Å². The molecule has 0 aliphatic carbocycles. The van der Waals surface area contributed by atoms with Gasteiger partial charge in [0.1, 0.15) is 5.75 Å². The average Bonchev–Trinajstić information content (AvgIpc) is 2.69.